The first-order chi connectivity index (χ1) is 3.79. The zero-order valence-corrected chi connectivity index (χ0v) is 5.57. The van der Waals surface area contributed by atoms with Crippen LogP contribution in [0.4, 0.5) is 0 Å². The highest BCUT2D eigenvalue weighted by atomic mass is 15.1. The Morgan fingerprint density at radius 1 is 1.62 bits per heavy atom. The van der Waals surface area contributed by atoms with Gasteiger partial charge in [-0.3, -0.25) is 0 Å². The van der Waals surface area contributed by atoms with Gasteiger partial charge >= 0.3 is 0 Å². The van der Waals surface area contributed by atoms with Crippen molar-refractivity contribution in [3.8, 4) is 0 Å². The van der Waals surface area contributed by atoms with E-state index in [0.717, 1.165) is 18.4 Å². The Balaban J connectivity index is 1.89. The summed E-state index contributed by atoms with van der Waals surface area (Å²) in [5.41, 5.74) is 0.606. The van der Waals surface area contributed by atoms with Crippen LogP contribution in [-0.4, -0.2) is 12.1 Å². The Morgan fingerprint density at radius 2 is 2.25 bits per heavy atom. The van der Waals surface area contributed by atoms with Crippen LogP contribution >= 0.6 is 0 Å². The Labute approximate surface area is 50.5 Å². The molecule has 2 aliphatic carbocycles. The normalized spacial score (nSPS) is 57.8. The van der Waals surface area contributed by atoms with E-state index in [9.17, 15) is 0 Å². The van der Waals surface area contributed by atoms with Gasteiger partial charge in [-0.25, -0.2) is 0 Å². The molecule has 2 fully saturated rings. The second-order valence-electron chi connectivity index (χ2n) is 3.26. The van der Waals surface area contributed by atoms with Gasteiger partial charge in [0.2, 0.25) is 0 Å². The molecule has 0 bridgehead atoms. The van der Waals surface area contributed by atoms with Gasteiger partial charge < -0.3 is 5.32 Å². The first-order valence-corrected chi connectivity index (χ1v) is 3.54. The molecule has 1 nitrogen and oxygen atoms in total. The Bertz CT molecular complexity index is 112. The third-order valence-corrected chi connectivity index (χ3v) is 2.78. The van der Waals surface area contributed by atoms with Crippen molar-refractivity contribution in [3.05, 3.63) is 0 Å². The molecule has 0 aliphatic heterocycles. The third-order valence-electron chi connectivity index (χ3n) is 2.78. The van der Waals surface area contributed by atoms with Gasteiger partial charge in [0.05, 0.1) is 0 Å². The van der Waals surface area contributed by atoms with E-state index >= 15 is 0 Å². The second-order valence-corrected chi connectivity index (χ2v) is 3.26. The lowest BCUT2D eigenvalue weighted by Crippen LogP contribution is -2.34. The average molecular weight is 111 g/mol. The second kappa shape index (κ2) is 1.10. The molecule has 0 aromatic rings. The Morgan fingerprint density at radius 3 is 2.38 bits per heavy atom. The van der Waals surface area contributed by atoms with Crippen LogP contribution in [0.25, 0.3) is 0 Å². The monoisotopic (exact) mass is 111 g/mol. The Kier molecular flexibility index (Phi) is 0.663. The summed E-state index contributed by atoms with van der Waals surface area (Å²) in [7, 11) is 0. The molecule has 2 rings (SSSR count). The van der Waals surface area contributed by atoms with Crippen LogP contribution < -0.4 is 5.32 Å². The van der Waals surface area contributed by atoms with Gasteiger partial charge in [0, 0.05) is 5.54 Å². The molecule has 46 valence electrons. The van der Waals surface area contributed by atoms with E-state index in [2.05, 4.69) is 19.2 Å². The zero-order chi connectivity index (χ0) is 5.78. The predicted octanol–water partition coefficient (Wildman–Crippen LogP) is 1.00. The fourth-order valence-corrected chi connectivity index (χ4v) is 1.87. The topological polar surface area (TPSA) is 12.0 Å². The Hall–Kier alpha value is -0.0400. The summed E-state index contributed by atoms with van der Waals surface area (Å²) in [5.74, 6) is 2.14. The van der Waals surface area contributed by atoms with E-state index < -0.39 is 0 Å². The minimum absolute atomic E-state index is 0.606. The summed E-state index contributed by atoms with van der Waals surface area (Å²) in [4.78, 5) is 0. The summed E-state index contributed by atoms with van der Waals surface area (Å²) in [6.07, 6.45) is 1.50. The number of hydrogen-bond donors (Lipinski definition) is 1. The fraction of sp³-hybridized carbons (Fsp3) is 1.00. The van der Waals surface area contributed by atoms with E-state index in [1.165, 1.54) is 6.42 Å². The third kappa shape index (κ3) is 0.368. The number of hydrogen-bond acceptors (Lipinski definition) is 1. The number of fused-ring (bicyclic) bond motifs is 1. The van der Waals surface area contributed by atoms with Crippen LogP contribution in [-0.2, 0) is 0 Å². The summed E-state index contributed by atoms with van der Waals surface area (Å²) >= 11 is 0. The molecule has 0 spiro atoms. The minimum atomic E-state index is 0.606. The molecule has 0 aromatic heterocycles. The van der Waals surface area contributed by atoms with Crippen molar-refractivity contribution in [1.29, 1.82) is 0 Å². The van der Waals surface area contributed by atoms with Crippen molar-refractivity contribution in [3.63, 3.8) is 0 Å². The zero-order valence-electron chi connectivity index (χ0n) is 5.57. The van der Waals surface area contributed by atoms with Gasteiger partial charge in [0.1, 0.15) is 0 Å². The quantitative estimate of drug-likeness (QED) is 0.560. The van der Waals surface area contributed by atoms with E-state index in [4.69, 9.17) is 0 Å². The maximum absolute atomic E-state index is 3.50. The highest BCUT2D eigenvalue weighted by molar-refractivity contribution is 5.27. The molecule has 8 heavy (non-hydrogen) atoms. The minimum Gasteiger partial charge on any atom is -0.311 e. The summed E-state index contributed by atoms with van der Waals surface area (Å²) in [6.45, 7) is 5.67. The molecule has 0 saturated heterocycles. The first kappa shape index (κ1) is 4.80. The molecule has 1 N–H and O–H groups in total. The maximum atomic E-state index is 3.50. The lowest BCUT2D eigenvalue weighted by molar-refractivity contribution is 0.433. The van der Waals surface area contributed by atoms with Crippen molar-refractivity contribution in [2.24, 2.45) is 11.8 Å². The average Bonchev–Trinajstić information content (AvgIpc) is 2.50. The van der Waals surface area contributed by atoms with Crippen LogP contribution in [0.5, 0.6) is 0 Å². The fourth-order valence-electron chi connectivity index (χ4n) is 1.87. The molecule has 1 heteroatoms. The van der Waals surface area contributed by atoms with Crippen LogP contribution in [0, 0.1) is 11.8 Å². The van der Waals surface area contributed by atoms with Gasteiger partial charge in [-0.15, -0.1) is 0 Å². The van der Waals surface area contributed by atoms with Crippen LogP contribution in [0.1, 0.15) is 20.3 Å². The largest absolute Gasteiger partial charge is 0.311 e. The van der Waals surface area contributed by atoms with Gasteiger partial charge in [-0.1, -0.05) is 6.92 Å². The first-order valence-electron chi connectivity index (χ1n) is 3.54. The van der Waals surface area contributed by atoms with Crippen molar-refractivity contribution in [1.82, 2.24) is 5.32 Å². The van der Waals surface area contributed by atoms with E-state index in [1.807, 2.05) is 0 Å². The van der Waals surface area contributed by atoms with Crippen molar-refractivity contribution in [2.75, 3.05) is 6.54 Å². The molecule has 0 radical (unpaired) electrons. The smallest absolute Gasteiger partial charge is 0.0216 e. The molecule has 2 saturated carbocycles. The van der Waals surface area contributed by atoms with Crippen molar-refractivity contribution in [2.45, 2.75) is 25.8 Å². The summed E-state index contributed by atoms with van der Waals surface area (Å²) in [5, 5.41) is 3.50. The lowest BCUT2D eigenvalue weighted by atomic mass is 10.1. The van der Waals surface area contributed by atoms with E-state index in [0.29, 0.717) is 5.54 Å². The number of nitrogens with one attached hydrogen (secondary N) is 1. The molecular weight excluding hydrogens is 98.1 g/mol. The summed E-state index contributed by atoms with van der Waals surface area (Å²) < 4.78 is 0. The van der Waals surface area contributed by atoms with Gasteiger partial charge in [0.15, 0.2) is 0 Å². The molecule has 0 amide bonds. The molecule has 1 unspecified atom stereocenters. The van der Waals surface area contributed by atoms with E-state index in [-0.39, 0.29) is 0 Å². The highest BCUT2D eigenvalue weighted by Gasteiger charge is 2.73. The molecule has 0 heterocycles. The SMILES string of the molecule is CCNC1(C)[C@@H]2C[C@@H]21. The molecule has 0 aromatic carbocycles. The predicted molar refractivity (Wildman–Crippen MR) is 33.7 cm³/mol. The lowest BCUT2D eigenvalue weighted by Gasteiger charge is -2.16. The number of rotatable bonds is 2. The van der Waals surface area contributed by atoms with Crippen molar-refractivity contribution < 1.29 is 0 Å². The standard InChI is InChI=1S/C7H13N/c1-3-8-7(2)5-4-6(5)7/h5-6,8H,3-4H2,1-2H3/t5-,6+,7?. The van der Waals surface area contributed by atoms with Crippen LogP contribution in [0.3, 0.4) is 0 Å². The van der Waals surface area contributed by atoms with Gasteiger partial charge in [0.25, 0.3) is 0 Å². The maximum Gasteiger partial charge on any atom is 0.0216 e. The van der Waals surface area contributed by atoms with Crippen LogP contribution in [0.15, 0.2) is 0 Å². The van der Waals surface area contributed by atoms with Crippen LogP contribution in [0.2, 0.25) is 0 Å². The van der Waals surface area contributed by atoms with E-state index in [1.54, 1.807) is 0 Å². The van der Waals surface area contributed by atoms with Gasteiger partial charge in [-0.2, -0.15) is 0 Å². The van der Waals surface area contributed by atoms with Gasteiger partial charge in [-0.05, 0) is 31.7 Å². The molecular formula is C7H13N. The molecule has 3 atom stereocenters. The van der Waals surface area contributed by atoms with Crippen molar-refractivity contribution >= 4 is 0 Å². The molecule has 2 aliphatic rings. The highest BCUT2D eigenvalue weighted by Crippen LogP contribution is 2.70. The summed E-state index contributed by atoms with van der Waals surface area (Å²) in [6, 6.07) is 0.